The fourth-order valence-electron chi connectivity index (χ4n) is 2.31. The number of nitrogens with one attached hydrogen (secondary N) is 2. The summed E-state index contributed by atoms with van der Waals surface area (Å²) >= 11 is 0. The summed E-state index contributed by atoms with van der Waals surface area (Å²) in [5.74, 6) is 1.22. The molecule has 2 aromatic rings. The van der Waals surface area contributed by atoms with Gasteiger partial charge in [-0.3, -0.25) is 0 Å². The third-order valence-corrected chi connectivity index (χ3v) is 3.41. The summed E-state index contributed by atoms with van der Waals surface area (Å²) in [7, 11) is 0. The molecular weight excluding hydrogens is 280 g/mol. The van der Waals surface area contributed by atoms with Crippen molar-refractivity contribution in [3.05, 3.63) is 42.2 Å². The van der Waals surface area contributed by atoms with Crippen molar-refractivity contribution in [2.45, 2.75) is 13.0 Å². The van der Waals surface area contributed by atoms with Crippen LogP contribution in [0.15, 0.2) is 36.7 Å². The van der Waals surface area contributed by atoms with E-state index in [2.05, 4.69) is 32.7 Å². The van der Waals surface area contributed by atoms with Gasteiger partial charge >= 0.3 is 0 Å². The van der Waals surface area contributed by atoms with Gasteiger partial charge in [-0.1, -0.05) is 12.1 Å². The standard InChI is InChI=1S/C16H20N4O2/c1-2-21-14-9-18-16(19-10-14)20-13-5-3-12(4-6-13)15-11-17-7-8-22-15/h3-6,9-10,15,17H,2,7-8,11H2,1H3,(H,18,19,20)/t15-/m0/s1. The Morgan fingerprint density at radius 1 is 1.27 bits per heavy atom. The average Bonchev–Trinajstić information content (AvgIpc) is 2.58. The summed E-state index contributed by atoms with van der Waals surface area (Å²) in [6.45, 7) is 5.07. The van der Waals surface area contributed by atoms with Crippen LogP contribution in [0.25, 0.3) is 0 Å². The average molecular weight is 300 g/mol. The fourth-order valence-corrected chi connectivity index (χ4v) is 2.31. The summed E-state index contributed by atoms with van der Waals surface area (Å²) in [5.41, 5.74) is 2.11. The number of morpholine rings is 1. The number of aromatic nitrogens is 2. The van der Waals surface area contributed by atoms with Gasteiger partial charge in [0.05, 0.1) is 31.7 Å². The number of ether oxygens (including phenoxy) is 2. The lowest BCUT2D eigenvalue weighted by atomic mass is 10.1. The number of benzene rings is 1. The van der Waals surface area contributed by atoms with E-state index >= 15 is 0 Å². The van der Waals surface area contributed by atoms with Gasteiger partial charge in [0, 0.05) is 18.8 Å². The molecule has 1 aromatic carbocycles. The van der Waals surface area contributed by atoms with Gasteiger partial charge in [-0.25, -0.2) is 9.97 Å². The van der Waals surface area contributed by atoms with Crippen molar-refractivity contribution in [2.24, 2.45) is 0 Å². The van der Waals surface area contributed by atoms with E-state index in [1.54, 1.807) is 12.4 Å². The fraction of sp³-hybridized carbons (Fsp3) is 0.375. The number of rotatable bonds is 5. The number of hydrogen-bond acceptors (Lipinski definition) is 6. The van der Waals surface area contributed by atoms with Crippen LogP contribution >= 0.6 is 0 Å². The Balaban J connectivity index is 1.62. The van der Waals surface area contributed by atoms with Crippen LogP contribution in [0.2, 0.25) is 0 Å². The van der Waals surface area contributed by atoms with E-state index in [0.29, 0.717) is 18.3 Å². The van der Waals surface area contributed by atoms with Gasteiger partial charge in [0.2, 0.25) is 5.95 Å². The number of anilines is 2. The van der Waals surface area contributed by atoms with Gasteiger partial charge in [0.1, 0.15) is 0 Å². The Morgan fingerprint density at radius 2 is 2.05 bits per heavy atom. The van der Waals surface area contributed by atoms with E-state index in [0.717, 1.165) is 25.4 Å². The molecule has 6 heteroatoms. The molecule has 3 rings (SSSR count). The maximum atomic E-state index is 5.74. The quantitative estimate of drug-likeness (QED) is 0.883. The second-order valence-corrected chi connectivity index (χ2v) is 4.99. The summed E-state index contributed by atoms with van der Waals surface area (Å²) in [6.07, 6.45) is 3.45. The van der Waals surface area contributed by atoms with Crippen LogP contribution in [0.5, 0.6) is 5.75 Å². The third-order valence-electron chi connectivity index (χ3n) is 3.41. The molecule has 6 nitrogen and oxygen atoms in total. The van der Waals surface area contributed by atoms with Crippen molar-refractivity contribution in [3.63, 3.8) is 0 Å². The topological polar surface area (TPSA) is 68.3 Å². The molecule has 2 N–H and O–H groups in total. The second kappa shape index (κ2) is 7.20. The molecule has 0 unspecified atom stereocenters. The van der Waals surface area contributed by atoms with Gasteiger partial charge in [-0.2, -0.15) is 0 Å². The highest BCUT2D eigenvalue weighted by molar-refractivity contribution is 5.53. The first kappa shape index (κ1) is 14.7. The predicted molar refractivity (Wildman–Crippen MR) is 84.5 cm³/mol. The van der Waals surface area contributed by atoms with Crippen molar-refractivity contribution < 1.29 is 9.47 Å². The van der Waals surface area contributed by atoms with E-state index in [4.69, 9.17) is 9.47 Å². The van der Waals surface area contributed by atoms with Crippen molar-refractivity contribution in [1.82, 2.24) is 15.3 Å². The highest BCUT2D eigenvalue weighted by Crippen LogP contribution is 2.22. The minimum atomic E-state index is 0.129. The van der Waals surface area contributed by atoms with Gasteiger partial charge < -0.3 is 20.1 Å². The molecule has 1 saturated heterocycles. The molecule has 116 valence electrons. The molecule has 0 saturated carbocycles. The van der Waals surface area contributed by atoms with Crippen LogP contribution in [0.1, 0.15) is 18.6 Å². The van der Waals surface area contributed by atoms with E-state index < -0.39 is 0 Å². The van der Waals surface area contributed by atoms with E-state index in [1.165, 1.54) is 5.56 Å². The van der Waals surface area contributed by atoms with Gasteiger partial charge in [-0.05, 0) is 24.6 Å². The summed E-state index contributed by atoms with van der Waals surface area (Å²) < 4.78 is 11.1. The van der Waals surface area contributed by atoms with Gasteiger partial charge in [0.15, 0.2) is 5.75 Å². The molecule has 2 heterocycles. The van der Waals surface area contributed by atoms with Crippen LogP contribution in [0.4, 0.5) is 11.6 Å². The van der Waals surface area contributed by atoms with Crippen LogP contribution in [0.3, 0.4) is 0 Å². The second-order valence-electron chi connectivity index (χ2n) is 4.99. The molecular formula is C16H20N4O2. The molecule has 0 amide bonds. The molecule has 0 bridgehead atoms. The van der Waals surface area contributed by atoms with Crippen molar-refractivity contribution in [3.8, 4) is 5.75 Å². The molecule has 1 aliphatic rings. The highest BCUT2D eigenvalue weighted by atomic mass is 16.5. The monoisotopic (exact) mass is 300 g/mol. The minimum absolute atomic E-state index is 0.129. The zero-order valence-electron chi connectivity index (χ0n) is 12.6. The van der Waals surface area contributed by atoms with Crippen molar-refractivity contribution >= 4 is 11.6 Å². The first-order chi connectivity index (χ1) is 10.8. The Bertz CT molecular complexity index is 580. The van der Waals surface area contributed by atoms with Crippen molar-refractivity contribution in [2.75, 3.05) is 31.6 Å². The first-order valence-corrected chi connectivity index (χ1v) is 7.49. The van der Waals surface area contributed by atoms with E-state index in [1.807, 2.05) is 19.1 Å². The van der Waals surface area contributed by atoms with E-state index in [-0.39, 0.29) is 6.10 Å². The summed E-state index contributed by atoms with van der Waals surface area (Å²) in [4.78, 5) is 8.45. The summed E-state index contributed by atoms with van der Waals surface area (Å²) in [5, 5.41) is 6.50. The normalized spacial score (nSPS) is 18.0. The largest absolute Gasteiger partial charge is 0.491 e. The van der Waals surface area contributed by atoms with Crippen LogP contribution in [0, 0.1) is 0 Å². The summed E-state index contributed by atoms with van der Waals surface area (Å²) in [6, 6.07) is 8.14. The maximum absolute atomic E-state index is 5.74. The zero-order valence-corrected chi connectivity index (χ0v) is 12.6. The zero-order chi connectivity index (χ0) is 15.2. The lowest BCUT2D eigenvalue weighted by molar-refractivity contribution is 0.0277. The van der Waals surface area contributed by atoms with Gasteiger partial charge in [-0.15, -0.1) is 0 Å². The Kier molecular flexibility index (Phi) is 4.82. The predicted octanol–water partition coefficient (Wildman–Crippen LogP) is 2.28. The maximum Gasteiger partial charge on any atom is 0.227 e. The molecule has 1 aliphatic heterocycles. The molecule has 1 aromatic heterocycles. The number of nitrogens with zero attached hydrogens (tertiary/aromatic N) is 2. The van der Waals surface area contributed by atoms with Gasteiger partial charge in [0.25, 0.3) is 0 Å². The molecule has 22 heavy (non-hydrogen) atoms. The molecule has 0 spiro atoms. The minimum Gasteiger partial charge on any atom is -0.491 e. The van der Waals surface area contributed by atoms with Crippen molar-refractivity contribution in [1.29, 1.82) is 0 Å². The molecule has 1 fully saturated rings. The smallest absolute Gasteiger partial charge is 0.227 e. The van der Waals surface area contributed by atoms with E-state index in [9.17, 15) is 0 Å². The SMILES string of the molecule is CCOc1cnc(Nc2ccc([C@@H]3CNCCO3)cc2)nc1. The highest BCUT2D eigenvalue weighted by Gasteiger charge is 2.15. The van der Waals surface area contributed by atoms with Crippen LogP contribution in [-0.2, 0) is 4.74 Å². The first-order valence-electron chi connectivity index (χ1n) is 7.49. The van der Waals surface area contributed by atoms with Crippen LogP contribution in [-0.4, -0.2) is 36.3 Å². The Hall–Kier alpha value is -2.18. The van der Waals surface area contributed by atoms with Crippen LogP contribution < -0.4 is 15.4 Å². The lowest BCUT2D eigenvalue weighted by Gasteiger charge is -2.24. The lowest BCUT2D eigenvalue weighted by Crippen LogP contribution is -2.33. The Morgan fingerprint density at radius 3 is 2.68 bits per heavy atom. The number of hydrogen-bond donors (Lipinski definition) is 2. The third kappa shape index (κ3) is 3.72. The molecule has 0 aliphatic carbocycles. The molecule has 0 radical (unpaired) electrons. The molecule has 1 atom stereocenters. The Labute approximate surface area is 129 Å².